The zero-order valence-corrected chi connectivity index (χ0v) is 21.6. The minimum Gasteiger partial charge on any atom is -0.447 e. The number of aryl methyl sites for hydroxylation is 1. The minimum absolute atomic E-state index is 0.0243. The number of aromatic nitrogens is 2. The van der Waals surface area contributed by atoms with Gasteiger partial charge in [0.15, 0.2) is 0 Å². The van der Waals surface area contributed by atoms with Crippen LogP contribution in [0.2, 0.25) is 0 Å². The molecule has 0 unspecified atom stereocenters. The number of likely N-dealkylation sites (tertiary alicyclic amines) is 1. The molecule has 1 aliphatic carbocycles. The van der Waals surface area contributed by atoms with Crippen LogP contribution >= 0.6 is 0 Å². The van der Waals surface area contributed by atoms with Crippen molar-refractivity contribution >= 4 is 12.0 Å². The normalized spacial score (nSPS) is 20.6. The number of likely N-dealkylation sites (N-methyl/N-ethyl adjacent to an activating group) is 1. The van der Waals surface area contributed by atoms with E-state index in [-0.39, 0.29) is 44.6 Å². The Morgan fingerprint density at radius 1 is 1.22 bits per heavy atom. The standard InChI is InChI=1S/C26H34F3N5O3/c1-17(2)37-24(36)32-15-25(16-32)18-9-12-31(3)13-21(18)34(23(25)35)14-22-30-19-7-4-5-8-20(19)33(22)11-6-10-26(27,28)29/h9,12,17H,4-8,10-11,13-16H2,1-3H3. The van der Waals surface area contributed by atoms with Crippen LogP contribution in [0.4, 0.5) is 18.0 Å². The van der Waals surface area contributed by atoms with Gasteiger partial charge in [-0.05, 0) is 63.8 Å². The van der Waals surface area contributed by atoms with Crippen molar-refractivity contribution in [2.75, 3.05) is 26.7 Å². The molecule has 8 nitrogen and oxygen atoms in total. The van der Waals surface area contributed by atoms with Crippen LogP contribution in [0.5, 0.6) is 0 Å². The molecule has 1 aromatic heterocycles. The maximum Gasteiger partial charge on any atom is 0.410 e. The maximum absolute atomic E-state index is 13.9. The van der Waals surface area contributed by atoms with E-state index in [9.17, 15) is 22.8 Å². The van der Waals surface area contributed by atoms with Crippen LogP contribution in [0, 0.1) is 5.41 Å². The number of fused-ring (bicyclic) bond motifs is 2. The Bertz CT molecular complexity index is 1150. The number of nitrogens with zero attached hydrogens (tertiary/aromatic N) is 5. The van der Waals surface area contributed by atoms with Gasteiger partial charge in [-0.3, -0.25) is 4.79 Å². The molecule has 1 spiro atoms. The van der Waals surface area contributed by atoms with Crippen molar-refractivity contribution in [1.82, 2.24) is 24.3 Å². The number of hydrogen-bond acceptors (Lipinski definition) is 5. The van der Waals surface area contributed by atoms with Gasteiger partial charge in [-0.2, -0.15) is 13.2 Å². The van der Waals surface area contributed by atoms with Crippen LogP contribution in [0.3, 0.4) is 0 Å². The Kier molecular flexibility index (Phi) is 6.52. The van der Waals surface area contributed by atoms with E-state index in [0.29, 0.717) is 12.4 Å². The van der Waals surface area contributed by atoms with Crippen LogP contribution in [-0.2, 0) is 35.5 Å². The van der Waals surface area contributed by atoms with E-state index >= 15 is 0 Å². The zero-order valence-electron chi connectivity index (χ0n) is 21.6. The lowest BCUT2D eigenvalue weighted by molar-refractivity contribution is -0.143. The summed E-state index contributed by atoms with van der Waals surface area (Å²) in [6, 6.07) is 0. The van der Waals surface area contributed by atoms with E-state index in [4.69, 9.17) is 9.72 Å². The lowest BCUT2D eigenvalue weighted by Crippen LogP contribution is -2.63. The monoisotopic (exact) mass is 521 g/mol. The van der Waals surface area contributed by atoms with Crippen molar-refractivity contribution in [3.8, 4) is 0 Å². The van der Waals surface area contributed by atoms with E-state index in [1.165, 1.54) is 0 Å². The number of alkyl halides is 3. The van der Waals surface area contributed by atoms with Crippen LogP contribution in [0.25, 0.3) is 0 Å². The van der Waals surface area contributed by atoms with E-state index < -0.39 is 24.1 Å². The summed E-state index contributed by atoms with van der Waals surface area (Å²) in [4.78, 5) is 36.5. The molecular formula is C26H34F3N5O3. The van der Waals surface area contributed by atoms with Gasteiger partial charge >= 0.3 is 12.3 Å². The van der Waals surface area contributed by atoms with Gasteiger partial charge in [-0.1, -0.05) is 0 Å². The van der Waals surface area contributed by atoms with Gasteiger partial charge in [0.1, 0.15) is 11.2 Å². The highest BCUT2D eigenvalue weighted by Crippen LogP contribution is 2.49. The van der Waals surface area contributed by atoms with E-state index in [1.807, 2.05) is 28.8 Å². The number of ether oxygens (including phenoxy) is 1. The molecule has 0 aromatic carbocycles. The highest BCUT2D eigenvalue weighted by molar-refractivity contribution is 5.95. The van der Waals surface area contributed by atoms with Crippen molar-refractivity contribution in [1.29, 1.82) is 0 Å². The summed E-state index contributed by atoms with van der Waals surface area (Å²) in [6.07, 6.45) is 1.70. The van der Waals surface area contributed by atoms with E-state index in [0.717, 1.165) is 48.3 Å². The average Bonchev–Trinajstić information content (AvgIpc) is 3.24. The fourth-order valence-electron chi connectivity index (χ4n) is 5.94. The van der Waals surface area contributed by atoms with Gasteiger partial charge in [0.25, 0.3) is 0 Å². The minimum atomic E-state index is -4.20. The number of carbonyl (C=O) groups is 2. The molecule has 0 atom stereocenters. The maximum atomic E-state index is 13.9. The Morgan fingerprint density at radius 2 is 1.95 bits per heavy atom. The molecule has 1 fully saturated rings. The van der Waals surface area contributed by atoms with Crippen molar-refractivity contribution in [2.24, 2.45) is 5.41 Å². The number of halogens is 3. The molecule has 4 heterocycles. The van der Waals surface area contributed by atoms with Gasteiger partial charge in [-0.15, -0.1) is 0 Å². The number of amides is 2. The second-order valence-corrected chi connectivity index (χ2v) is 10.9. The topological polar surface area (TPSA) is 70.9 Å². The average molecular weight is 522 g/mol. The summed E-state index contributed by atoms with van der Waals surface area (Å²) in [5, 5.41) is 0. The molecule has 37 heavy (non-hydrogen) atoms. The molecule has 3 aliphatic heterocycles. The Morgan fingerprint density at radius 3 is 2.65 bits per heavy atom. The molecular weight excluding hydrogens is 487 g/mol. The van der Waals surface area contributed by atoms with Crippen molar-refractivity contribution in [3.63, 3.8) is 0 Å². The smallest absolute Gasteiger partial charge is 0.410 e. The number of allylic oxidation sites excluding steroid dienone is 1. The predicted molar refractivity (Wildman–Crippen MR) is 129 cm³/mol. The largest absolute Gasteiger partial charge is 0.447 e. The fourth-order valence-corrected chi connectivity index (χ4v) is 5.94. The number of carbonyl (C=O) groups excluding carboxylic acids is 2. The first-order valence-electron chi connectivity index (χ1n) is 13.0. The Balaban J connectivity index is 1.41. The lowest BCUT2D eigenvalue weighted by Gasteiger charge is -2.47. The van der Waals surface area contributed by atoms with Crippen LogP contribution < -0.4 is 0 Å². The van der Waals surface area contributed by atoms with Gasteiger partial charge in [0.2, 0.25) is 5.91 Å². The second-order valence-electron chi connectivity index (χ2n) is 10.9. The molecule has 11 heteroatoms. The summed E-state index contributed by atoms with van der Waals surface area (Å²) in [7, 11) is 1.93. The zero-order chi connectivity index (χ0) is 26.5. The van der Waals surface area contributed by atoms with Gasteiger partial charge < -0.3 is 24.0 Å². The molecule has 0 N–H and O–H groups in total. The van der Waals surface area contributed by atoms with Crippen LogP contribution in [0.15, 0.2) is 23.5 Å². The SMILES string of the molecule is CC(C)OC(=O)N1CC2(C1)C(=O)N(Cc1nc3c(n1CCCC(F)(F)F)CCCC3)C1=C2C=CN(C)C1. The highest BCUT2D eigenvalue weighted by atomic mass is 19.4. The fraction of sp³-hybridized carbons (Fsp3) is 0.654. The number of rotatable bonds is 6. The quantitative estimate of drug-likeness (QED) is 0.566. The van der Waals surface area contributed by atoms with Gasteiger partial charge in [0, 0.05) is 44.5 Å². The van der Waals surface area contributed by atoms with Crippen LogP contribution in [0.1, 0.15) is 56.7 Å². The summed E-state index contributed by atoms with van der Waals surface area (Å²) in [6.45, 7) is 5.03. The molecule has 2 amide bonds. The molecule has 0 bridgehead atoms. The molecule has 202 valence electrons. The predicted octanol–water partition coefficient (Wildman–Crippen LogP) is 4.01. The molecule has 1 saturated heterocycles. The first-order valence-corrected chi connectivity index (χ1v) is 13.0. The van der Waals surface area contributed by atoms with Crippen molar-refractivity contribution in [3.05, 3.63) is 40.8 Å². The first kappa shape index (κ1) is 25.7. The van der Waals surface area contributed by atoms with E-state index in [1.54, 1.807) is 23.6 Å². The Labute approximate surface area is 214 Å². The summed E-state index contributed by atoms with van der Waals surface area (Å²) in [5.74, 6) is 0.549. The highest BCUT2D eigenvalue weighted by Gasteiger charge is 2.60. The van der Waals surface area contributed by atoms with Crippen molar-refractivity contribution in [2.45, 2.75) is 77.7 Å². The molecule has 1 aromatic rings. The molecule has 5 rings (SSSR count). The summed E-state index contributed by atoms with van der Waals surface area (Å²) >= 11 is 0. The second kappa shape index (κ2) is 9.40. The lowest BCUT2D eigenvalue weighted by atomic mass is 9.73. The molecule has 0 radical (unpaired) electrons. The molecule has 4 aliphatic rings. The summed E-state index contributed by atoms with van der Waals surface area (Å²) < 4.78 is 45.9. The Hall–Kier alpha value is -2.98. The number of hydrogen-bond donors (Lipinski definition) is 0. The summed E-state index contributed by atoms with van der Waals surface area (Å²) in [5.41, 5.74) is 2.90. The van der Waals surface area contributed by atoms with Crippen molar-refractivity contribution < 1.29 is 27.5 Å². The van der Waals surface area contributed by atoms with Gasteiger partial charge in [-0.25, -0.2) is 9.78 Å². The van der Waals surface area contributed by atoms with E-state index in [2.05, 4.69) is 0 Å². The third-order valence-corrected chi connectivity index (χ3v) is 7.67. The molecule has 0 saturated carbocycles. The van der Waals surface area contributed by atoms with Gasteiger partial charge in [0.05, 0.1) is 24.9 Å². The first-order chi connectivity index (χ1) is 17.5. The third kappa shape index (κ3) is 4.72. The third-order valence-electron chi connectivity index (χ3n) is 7.67. The van der Waals surface area contributed by atoms with Crippen LogP contribution in [-0.4, -0.2) is 75.2 Å². The number of imidazole rings is 1.